The van der Waals surface area contributed by atoms with E-state index in [0.717, 1.165) is 17.6 Å². The number of ether oxygens (including phenoxy) is 1. The zero-order chi connectivity index (χ0) is 14.6. The van der Waals surface area contributed by atoms with Gasteiger partial charge in [-0.25, -0.2) is 0 Å². The highest BCUT2D eigenvalue weighted by atomic mass is 16.5. The smallest absolute Gasteiger partial charge is 0.119 e. The van der Waals surface area contributed by atoms with Gasteiger partial charge >= 0.3 is 0 Å². The van der Waals surface area contributed by atoms with Crippen LogP contribution in [0.1, 0.15) is 57.1 Å². The van der Waals surface area contributed by atoms with E-state index in [9.17, 15) is 0 Å². The summed E-state index contributed by atoms with van der Waals surface area (Å²) in [5, 5.41) is 0. The van der Waals surface area contributed by atoms with Gasteiger partial charge in [-0.3, -0.25) is 0 Å². The molecule has 0 radical (unpaired) electrons. The Morgan fingerprint density at radius 3 is 2.76 bits per heavy atom. The fourth-order valence-electron chi connectivity index (χ4n) is 5.26. The Kier molecular flexibility index (Phi) is 2.96. The molecule has 4 rings (SSSR count). The summed E-state index contributed by atoms with van der Waals surface area (Å²) in [4.78, 5) is 0. The lowest BCUT2D eigenvalue weighted by atomic mass is 9.65. The number of allylic oxidation sites excluding steroid dienone is 2. The first-order chi connectivity index (χ1) is 10.1. The van der Waals surface area contributed by atoms with Crippen LogP contribution in [-0.4, -0.2) is 7.11 Å². The van der Waals surface area contributed by atoms with E-state index in [2.05, 4.69) is 32.0 Å². The molecule has 1 fully saturated rings. The maximum Gasteiger partial charge on any atom is 0.119 e. The summed E-state index contributed by atoms with van der Waals surface area (Å²) in [7, 11) is 1.76. The van der Waals surface area contributed by atoms with Gasteiger partial charge in [0, 0.05) is 0 Å². The lowest BCUT2D eigenvalue weighted by Gasteiger charge is -2.39. The highest BCUT2D eigenvalue weighted by Crippen LogP contribution is 2.57. The van der Waals surface area contributed by atoms with Gasteiger partial charge in [0.15, 0.2) is 0 Å². The third kappa shape index (κ3) is 1.97. The SMILES string of the molecule is COc1ccc2c(c1)CCC1=C2CCC2C1CCC2(C)C. The van der Waals surface area contributed by atoms with Gasteiger partial charge in [-0.05, 0) is 84.6 Å². The van der Waals surface area contributed by atoms with Crippen LogP contribution in [0.5, 0.6) is 5.75 Å². The predicted molar refractivity (Wildman–Crippen MR) is 87.5 cm³/mol. The molecule has 1 aromatic rings. The topological polar surface area (TPSA) is 9.23 Å². The molecule has 0 spiro atoms. The Balaban J connectivity index is 1.76. The Morgan fingerprint density at radius 2 is 1.95 bits per heavy atom. The van der Waals surface area contributed by atoms with Crippen LogP contribution in [0.2, 0.25) is 0 Å². The molecule has 0 aromatic heterocycles. The van der Waals surface area contributed by atoms with Crippen LogP contribution in [0, 0.1) is 17.3 Å². The zero-order valence-corrected chi connectivity index (χ0v) is 13.5. The highest BCUT2D eigenvalue weighted by molar-refractivity contribution is 5.75. The second-order valence-corrected chi connectivity index (χ2v) is 7.81. The molecule has 3 aliphatic rings. The van der Waals surface area contributed by atoms with Gasteiger partial charge in [0.05, 0.1) is 7.11 Å². The molecular formula is C20H26O. The number of methoxy groups -OCH3 is 1. The summed E-state index contributed by atoms with van der Waals surface area (Å²) < 4.78 is 5.40. The van der Waals surface area contributed by atoms with Gasteiger partial charge in [0.1, 0.15) is 5.75 Å². The van der Waals surface area contributed by atoms with Crippen LogP contribution in [0.3, 0.4) is 0 Å². The van der Waals surface area contributed by atoms with Crippen LogP contribution >= 0.6 is 0 Å². The van der Waals surface area contributed by atoms with Gasteiger partial charge in [0.2, 0.25) is 0 Å². The largest absolute Gasteiger partial charge is 0.497 e. The van der Waals surface area contributed by atoms with Gasteiger partial charge in [-0.1, -0.05) is 25.5 Å². The third-order valence-corrected chi connectivity index (χ3v) is 6.43. The summed E-state index contributed by atoms with van der Waals surface area (Å²) in [6.07, 6.45) is 8.00. The molecule has 2 atom stereocenters. The predicted octanol–water partition coefficient (Wildman–Crippen LogP) is 5.24. The molecule has 1 heteroatoms. The van der Waals surface area contributed by atoms with Crippen molar-refractivity contribution in [2.75, 3.05) is 7.11 Å². The molecule has 0 N–H and O–H groups in total. The van der Waals surface area contributed by atoms with E-state index < -0.39 is 0 Å². The van der Waals surface area contributed by atoms with Crippen molar-refractivity contribution >= 4 is 5.57 Å². The van der Waals surface area contributed by atoms with Crippen molar-refractivity contribution in [3.8, 4) is 5.75 Å². The van der Waals surface area contributed by atoms with E-state index in [1.165, 1.54) is 49.7 Å². The number of rotatable bonds is 1. The summed E-state index contributed by atoms with van der Waals surface area (Å²) in [6, 6.07) is 6.70. The van der Waals surface area contributed by atoms with Crippen LogP contribution in [-0.2, 0) is 6.42 Å². The van der Waals surface area contributed by atoms with E-state index in [4.69, 9.17) is 4.74 Å². The molecule has 1 aromatic carbocycles. The summed E-state index contributed by atoms with van der Waals surface area (Å²) in [5.41, 5.74) is 7.10. The van der Waals surface area contributed by atoms with Crippen molar-refractivity contribution < 1.29 is 4.74 Å². The minimum atomic E-state index is 0.559. The van der Waals surface area contributed by atoms with Crippen molar-refractivity contribution in [2.45, 2.75) is 52.4 Å². The van der Waals surface area contributed by atoms with Crippen molar-refractivity contribution in [3.63, 3.8) is 0 Å². The monoisotopic (exact) mass is 282 g/mol. The number of hydrogen-bond donors (Lipinski definition) is 0. The minimum Gasteiger partial charge on any atom is -0.497 e. The minimum absolute atomic E-state index is 0.559. The van der Waals surface area contributed by atoms with Crippen molar-refractivity contribution in [3.05, 3.63) is 34.9 Å². The second kappa shape index (κ2) is 4.63. The molecule has 0 aliphatic heterocycles. The van der Waals surface area contributed by atoms with Gasteiger partial charge in [0.25, 0.3) is 0 Å². The van der Waals surface area contributed by atoms with Crippen molar-refractivity contribution in [1.82, 2.24) is 0 Å². The molecule has 1 saturated carbocycles. The molecule has 0 amide bonds. The number of hydrogen-bond acceptors (Lipinski definition) is 1. The van der Waals surface area contributed by atoms with Crippen LogP contribution < -0.4 is 4.74 Å². The second-order valence-electron chi connectivity index (χ2n) is 7.81. The maximum atomic E-state index is 5.40. The van der Waals surface area contributed by atoms with Gasteiger partial charge < -0.3 is 4.74 Å². The summed E-state index contributed by atoms with van der Waals surface area (Å²) in [6.45, 7) is 4.98. The van der Waals surface area contributed by atoms with Gasteiger partial charge in [-0.15, -0.1) is 0 Å². The molecule has 1 nitrogen and oxygen atoms in total. The Bertz CT molecular complexity index is 608. The number of fused-ring (bicyclic) bond motifs is 4. The molecule has 112 valence electrons. The normalized spacial score (nSPS) is 29.7. The quantitative estimate of drug-likeness (QED) is 0.684. The molecule has 3 aliphatic carbocycles. The van der Waals surface area contributed by atoms with E-state index >= 15 is 0 Å². The molecule has 0 heterocycles. The summed E-state index contributed by atoms with van der Waals surface area (Å²) >= 11 is 0. The fourth-order valence-corrected chi connectivity index (χ4v) is 5.26. The first-order valence-corrected chi connectivity index (χ1v) is 8.49. The molecule has 0 saturated heterocycles. The maximum absolute atomic E-state index is 5.40. The number of aryl methyl sites for hydroxylation is 1. The van der Waals surface area contributed by atoms with E-state index in [0.29, 0.717) is 5.41 Å². The van der Waals surface area contributed by atoms with E-state index in [1.807, 2.05) is 5.57 Å². The van der Waals surface area contributed by atoms with Crippen LogP contribution in [0.15, 0.2) is 23.8 Å². The Morgan fingerprint density at radius 1 is 1.10 bits per heavy atom. The van der Waals surface area contributed by atoms with Crippen LogP contribution in [0.25, 0.3) is 5.57 Å². The number of benzene rings is 1. The third-order valence-electron chi connectivity index (χ3n) is 6.43. The van der Waals surface area contributed by atoms with Crippen molar-refractivity contribution in [1.29, 1.82) is 0 Å². The first kappa shape index (κ1) is 13.4. The highest BCUT2D eigenvalue weighted by Gasteiger charge is 2.46. The average molecular weight is 282 g/mol. The molecular weight excluding hydrogens is 256 g/mol. The van der Waals surface area contributed by atoms with Gasteiger partial charge in [-0.2, -0.15) is 0 Å². The summed E-state index contributed by atoms with van der Waals surface area (Å²) in [5.74, 6) is 2.81. The molecule has 2 unspecified atom stereocenters. The van der Waals surface area contributed by atoms with Crippen molar-refractivity contribution in [2.24, 2.45) is 17.3 Å². The fraction of sp³-hybridized carbons (Fsp3) is 0.600. The van der Waals surface area contributed by atoms with E-state index in [1.54, 1.807) is 12.7 Å². The molecule has 21 heavy (non-hydrogen) atoms. The average Bonchev–Trinajstić information content (AvgIpc) is 2.82. The van der Waals surface area contributed by atoms with Crippen LogP contribution in [0.4, 0.5) is 0 Å². The standard InChI is InChI=1S/C20H26O/c1-20(2)11-10-18-17-6-4-13-12-14(21-3)5-7-15(13)16(17)8-9-19(18)20/h5,7,12,18-19H,4,6,8-11H2,1-3H3. The Hall–Kier alpha value is -1.24. The molecule has 0 bridgehead atoms. The lowest BCUT2D eigenvalue weighted by molar-refractivity contribution is 0.211. The lowest BCUT2D eigenvalue weighted by Crippen LogP contribution is -2.28. The first-order valence-electron chi connectivity index (χ1n) is 8.49. The van der Waals surface area contributed by atoms with E-state index in [-0.39, 0.29) is 0 Å². The Labute approximate surface area is 128 Å². The zero-order valence-electron chi connectivity index (χ0n) is 13.5.